The largest absolute Gasteiger partial charge is 0.468 e. The second-order valence-corrected chi connectivity index (χ2v) is 2.01. The number of aliphatic imine (C=N–C) groups is 1. The van der Waals surface area contributed by atoms with Crippen molar-refractivity contribution >= 4 is 11.9 Å². The van der Waals surface area contributed by atoms with E-state index in [-0.39, 0.29) is 12.5 Å². The molecule has 0 radical (unpaired) electrons. The topological polar surface area (TPSA) is 67.9 Å². The summed E-state index contributed by atoms with van der Waals surface area (Å²) in [6, 6.07) is 0. The highest BCUT2D eigenvalue weighted by molar-refractivity contribution is 5.82. The number of carbonyl (C=O) groups excluding carboxylic acids is 1. The Morgan fingerprint density at radius 2 is 2.27 bits per heavy atom. The summed E-state index contributed by atoms with van der Waals surface area (Å²) < 4.78 is 4.42. The molecule has 0 aliphatic carbocycles. The van der Waals surface area contributed by atoms with Crippen LogP contribution in [0.3, 0.4) is 0 Å². The first kappa shape index (κ1) is 9.74. The van der Waals surface area contributed by atoms with Crippen molar-refractivity contribution in [1.29, 1.82) is 0 Å². The van der Waals surface area contributed by atoms with Crippen molar-refractivity contribution in [2.24, 2.45) is 10.7 Å². The van der Waals surface area contributed by atoms with Crippen LogP contribution in [0.25, 0.3) is 0 Å². The van der Waals surface area contributed by atoms with E-state index in [1.807, 2.05) is 0 Å². The van der Waals surface area contributed by atoms with Crippen LogP contribution in [-0.4, -0.2) is 44.6 Å². The van der Waals surface area contributed by atoms with Gasteiger partial charge in [0, 0.05) is 14.1 Å². The zero-order valence-corrected chi connectivity index (χ0v) is 7.00. The highest BCUT2D eigenvalue weighted by Crippen LogP contribution is 1.83. The molecule has 2 N–H and O–H groups in total. The van der Waals surface area contributed by atoms with Gasteiger partial charge < -0.3 is 15.4 Å². The maximum absolute atomic E-state index is 10.7. The van der Waals surface area contributed by atoms with Crippen LogP contribution < -0.4 is 5.73 Å². The molecule has 0 heterocycles. The highest BCUT2D eigenvalue weighted by Gasteiger charge is 2.06. The number of ether oxygens (including phenoxy) is 1. The molecule has 0 bridgehead atoms. The van der Waals surface area contributed by atoms with Gasteiger partial charge in [-0.15, -0.1) is 0 Å². The Kier molecular flexibility index (Phi) is 4.02. The van der Waals surface area contributed by atoms with Crippen molar-refractivity contribution in [2.45, 2.75) is 0 Å². The van der Waals surface area contributed by atoms with Gasteiger partial charge in [0.2, 0.25) is 0 Å². The van der Waals surface area contributed by atoms with Crippen molar-refractivity contribution < 1.29 is 9.53 Å². The Morgan fingerprint density at radius 1 is 1.73 bits per heavy atom. The van der Waals surface area contributed by atoms with Crippen molar-refractivity contribution in [3.63, 3.8) is 0 Å². The van der Waals surface area contributed by atoms with E-state index in [4.69, 9.17) is 5.73 Å². The van der Waals surface area contributed by atoms with Gasteiger partial charge >= 0.3 is 5.97 Å². The second kappa shape index (κ2) is 4.54. The zero-order chi connectivity index (χ0) is 8.85. The van der Waals surface area contributed by atoms with Crippen LogP contribution >= 0.6 is 0 Å². The summed E-state index contributed by atoms with van der Waals surface area (Å²) >= 11 is 0. The Labute approximate surface area is 65.8 Å². The lowest BCUT2D eigenvalue weighted by molar-refractivity contribution is -0.140. The van der Waals surface area contributed by atoms with Gasteiger partial charge in [-0.25, -0.2) is 0 Å². The van der Waals surface area contributed by atoms with Crippen LogP contribution in [0.15, 0.2) is 4.99 Å². The minimum Gasteiger partial charge on any atom is -0.468 e. The van der Waals surface area contributed by atoms with Crippen molar-refractivity contribution in [1.82, 2.24) is 4.90 Å². The molecule has 0 aliphatic heterocycles. The van der Waals surface area contributed by atoms with Crippen LogP contribution in [0.4, 0.5) is 0 Å². The van der Waals surface area contributed by atoms with Crippen LogP contribution in [-0.2, 0) is 9.53 Å². The van der Waals surface area contributed by atoms with Gasteiger partial charge in [-0.05, 0) is 0 Å². The number of methoxy groups -OCH3 is 1. The molecule has 0 aromatic heterocycles. The molecule has 0 unspecified atom stereocenters. The number of nitrogens with two attached hydrogens (primary N) is 1. The minimum atomic E-state index is -0.334. The molecule has 0 rings (SSSR count). The lowest BCUT2D eigenvalue weighted by Gasteiger charge is -2.15. The third-order valence-electron chi connectivity index (χ3n) is 1.21. The van der Waals surface area contributed by atoms with Gasteiger partial charge in [0.15, 0.2) is 5.96 Å². The Bertz CT molecular complexity index is 167. The van der Waals surface area contributed by atoms with E-state index in [0.29, 0.717) is 5.96 Å². The number of hydrogen-bond acceptors (Lipinski definition) is 3. The Morgan fingerprint density at radius 3 is 2.64 bits per heavy atom. The fraction of sp³-hybridized carbons (Fsp3) is 0.667. The van der Waals surface area contributed by atoms with E-state index in [9.17, 15) is 4.79 Å². The van der Waals surface area contributed by atoms with Gasteiger partial charge in [-0.2, -0.15) is 0 Å². The average Bonchev–Trinajstić information content (AvgIpc) is 2.02. The summed E-state index contributed by atoms with van der Waals surface area (Å²) in [4.78, 5) is 15.9. The lowest BCUT2D eigenvalue weighted by atomic mass is 10.6. The second-order valence-electron chi connectivity index (χ2n) is 2.01. The van der Waals surface area contributed by atoms with Gasteiger partial charge in [0.1, 0.15) is 6.54 Å². The number of rotatable bonds is 2. The summed E-state index contributed by atoms with van der Waals surface area (Å²) in [6.07, 6.45) is 0. The molecule has 0 atom stereocenters. The number of nitrogens with zero attached hydrogens (tertiary/aromatic N) is 2. The summed E-state index contributed by atoms with van der Waals surface area (Å²) in [6.45, 7) is 0.125. The van der Waals surface area contributed by atoms with E-state index >= 15 is 0 Å². The number of hydrogen-bond donors (Lipinski definition) is 1. The highest BCUT2D eigenvalue weighted by atomic mass is 16.5. The van der Waals surface area contributed by atoms with Crippen LogP contribution in [0.2, 0.25) is 0 Å². The molecule has 0 amide bonds. The van der Waals surface area contributed by atoms with Gasteiger partial charge in [0.25, 0.3) is 0 Å². The first-order valence-corrected chi connectivity index (χ1v) is 3.12. The van der Waals surface area contributed by atoms with Crippen LogP contribution in [0.5, 0.6) is 0 Å². The third-order valence-corrected chi connectivity index (χ3v) is 1.21. The molecule has 5 nitrogen and oxygen atoms in total. The van der Waals surface area contributed by atoms with E-state index < -0.39 is 0 Å². The summed E-state index contributed by atoms with van der Waals surface area (Å²) in [5, 5.41) is 0. The van der Waals surface area contributed by atoms with Crippen molar-refractivity contribution in [3.8, 4) is 0 Å². The first-order chi connectivity index (χ1) is 5.11. The molecule has 0 aromatic carbocycles. The number of guanidine groups is 1. The SMILES string of the molecule is CN=C(N)N(C)CC(=O)OC. The van der Waals surface area contributed by atoms with Gasteiger partial charge in [-0.3, -0.25) is 9.79 Å². The molecule has 0 aliphatic rings. The van der Waals surface area contributed by atoms with E-state index in [2.05, 4.69) is 9.73 Å². The summed E-state index contributed by atoms with van der Waals surface area (Å²) in [5.41, 5.74) is 5.39. The Balaban J connectivity index is 3.87. The fourth-order valence-corrected chi connectivity index (χ4v) is 0.510. The van der Waals surface area contributed by atoms with Crippen LogP contribution in [0, 0.1) is 0 Å². The van der Waals surface area contributed by atoms with E-state index in [1.165, 1.54) is 12.0 Å². The molecule has 64 valence electrons. The quantitative estimate of drug-likeness (QED) is 0.320. The minimum absolute atomic E-state index is 0.125. The number of likely N-dealkylation sites (N-methyl/N-ethyl adjacent to an activating group) is 1. The van der Waals surface area contributed by atoms with Crippen LogP contribution in [0.1, 0.15) is 0 Å². The monoisotopic (exact) mass is 159 g/mol. The average molecular weight is 159 g/mol. The Hall–Kier alpha value is -1.26. The molecular formula is C6H13N3O2. The maximum Gasteiger partial charge on any atom is 0.325 e. The molecule has 0 fully saturated rings. The lowest BCUT2D eigenvalue weighted by Crippen LogP contribution is -2.37. The van der Waals surface area contributed by atoms with E-state index in [0.717, 1.165) is 0 Å². The normalized spacial score (nSPS) is 11.0. The van der Waals surface area contributed by atoms with Gasteiger partial charge in [0.05, 0.1) is 7.11 Å². The molecule has 0 spiro atoms. The predicted octanol–water partition coefficient (Wildman–Crippen LogP) is -0.964. The van der Waals surface area contributed by atoms with E-state index in [1.54, 1.807) is 14.1 Å². The fourth-order valence-electron chi connectivity index (χ4n) is 0.510. The molecule has 11 heavy (non-hydrogen) atoms. The zero-order valence-electron chi connectivity index (χ0n) is 7.00. The predicted molar refractivity (Wildman–Crippen MR) is 42.2 cm³/mol. The standard InChI is InChI=1S/C6H13N3O2/c1-8-6(7)9(2)4-5(10)11-3/h4H2,1-3H3,(H2,7,8). The number of esters is 1. The molecule has 0 saturated carbocycles. The van der Waals surface area contributed by atoms with Crippen molar-refractivity contribution in [3.05, 3.63) is 0 Å². The smallest absolute Gasteiger partial charge is 0.325 e. The first-order valence-electron chi connectivity index (χ1n) is 3.12. The maximum atomic E-state index is 10.7. The summed E-state index contributed by atoms with van der Waals surface area (Å²) in [7, 11) is 4.55. The number of carbonyl (C=O) groups is 1. The summed E-state index contributed by atoms with van der Waals surface area (Å²) in [5.74, 6) is -0.0190. The third kappa shape index (κ3) is 3.44. The van der Waals surface area contributed by atoms with Crippen molar-refractivity contribution in [2.75, 3.05) is 27.7 Å². The molecule has 0 saturated heterocycles. The molecule has 0 aromatic rings. The molecule has 5 heteroatoms. The molecular weight excluding hydrogens is 146 g/mol. The van der Waals surface area contributed by atoms with Gasteiger partial charge in [-0.1, -0.05) is 0 Å².